The van der Waals surface area contributed by atoms with Gasteiger partial charge in [-0.15, -0.1) is 11.3 Å². The van der Waals surface area contributed by atoms with Crippen molar-refractivity contribution in [1.29, 1.82) is 0 Å². The summed E-state index contributed by atoms with van der Waals surface area (Å²) >= 11 is 1.38. The van der Waals surface area contributed by atoms with Crippen molar-refractivity contribution in [2.45, 2.75) is 65.0 Å². The third-order valence-electron chi connectivity index (χ3n) is 6.19. The highest BCUT2D eigenvalue weighted by atomic mass is 32.1. The number of rotatable bonds is 7. The quantitative estimate of drug-likeness (QED) is 0.305. The van der Waals surface area contributed by atoms with Crippen molar-refractivity contribution < 1.29 is 28.5 Å². The normalized spacial score (nSPS) is 22.5. The van der Waals surface area contributed by atoms with Crippen LogP contribution >= 0.6 is 11.3 Å². The third kappa shape index (κ3) is 6.28. The molecular formula is C24H31F3N6O3S. The molecule has 0 aliphatic heterocycles. The average molecular weight is 541 g/mol. The van der Waals surface area contributed by atoms with E-state index in [2.05, 4.69) is 46.4 Å². The molecule has 0 amide bonds. The number of aliphatic hydroxyl groups excluding tert-OH is 3. The Hall–Kier alpha value is -2.61. The predicted molar refractivity (Wildman–Crippen MR) is 135 cm³/mol. The highest BCUT2D eigenvalue weighted by Gasteiger charge is 2.41. The number of aryl methyl sites for hydroxylation is 1. The molecule has 0 radical (unpaired) electrons. The Morgan fingerprint density at radius 3 is 2.46 bits per heavy atom. The molecule has 202 valence electrons. The van der Waals surface area contributed by atoms with Crippen LogP contribution in [0.1, 0.15) is 38.6 Å². The van der Waals surface area contributed by atoms with Gasteiger partial charge in [0.05, 0.1) is 33.8 Å². The summed E-state index contributed by atoms with van der Waals surface area (Å²) in [6.45, 7) is 6.34. The number of halogens is 3. The van der Waals surface area contributed by atoms with Crippen LogP contribution in [0, 0.1) is 18.3 Å². The Kier molecular flexibility index (Phi) is 7.62. The van der Waals surface area contributed by atoms with E-state index in [4.69, 9.17) is 4.98 Å². The monoisotopic (exact) mass is 540 g/mol. The van der Waals surface area contributed by atoms with Crippen molar-refractivity contribution in [3.63, 3.8) is 0 Å². The molecule has 1 aliphatic rings. The minimum atomic E-state index is -4.47. The van der Waals surface area contributed by atoms with Crippen LogP contribution in [0.2, 0.25) is 0 Å². The van der Waals surface area contributed by atoms with Gasteiger partial charge in [0.25, 0.3) is 0 Å². The summed E-state index contributed by atoms with van der Waals surface area (Å²) in [5.74, 6) is -0.601. The predicted octanol–water partition coefficient (Wildman–Crippen LogP) is 3.53. The van der Waals surface area contributed by atoms with Gasteiger partial charge in [0.15, 0.2) is 0 Å². The number of nitrogens with one attached hydrogen (secondary N) is 2. The second-order valence-corrected chi connectivity index (χ2v) is 11.6. The second-order valence-electron chi connectivity index (χ2n) is 10.6. The first-order chi connectivity index (χ1) is 17.3. The van der Waals surface area contributed by atoms with E-state index in [0.717, 1.165) is 15.9 Å². The van der Waals surface area contributed by atoms with E-state index in [1.807, 2.05) is 6.07 Å². The smallest absolute Gasteiger partial charge is 0.396 e. The maximum Gasteiger partial charge on any atom is 0.405 e. The van der Waals surface area contributed by atoms with Crippen LogP contribution in [-0.2, 0) is 6.42 Å². The van der Waals surface area contributed by atoms with Crippen LogP contribution in [0.5, 0.6) is 0 Å². The van der Waals surface area contributed by atoms with Gasteiger partial charge in [0.1, 0.15) is 29.0 Å². The SMILES string of the molecule is Cc1nc(NCC(F)(F)F)nc(NC2CC(CO)C(O)C2O)c1-c1nc2c(CC(C)(C)C)nccc2s1. The average Bonchev–Trinajstić information content (AvgIpc) is 3.33. The van der Waals surface area contributed by atoms with Crippen LogP contribution in [-0.4, -0.2) is 72.8 Å². The van der Waals surface area contributed by atoms with Gasteiger partial charge in [-0.25, -0.2) is 9.97 Å². The molecule has 5 N–H and O–H groups in total. The van der Waals surface area contributed by atoms with E-state index in [9.17, 15) is 28.5 Å². The van der Waals surface area contributed by atoms with Crippen molar-refractivity contribution in [3.05, 3.63) is 23.7 Å². The molecule has 0 bridgehead atoms. The van der Waals surface area contributed by atoms with Crippen molar-refractivity contribution in [2.24, 2.45) is 11.3 Å². The number of anilines is 2. The maximum absolute atomic E-state index is 12.8. The lowest BCUT2D eigenvalue weighted by atomic mass is 9.90. The number of hydrogen-bond acceptors (Lipinski definition) is 10. The first-order valence-electron chi connectivity index (χ1n) is 11.9. The molecule has 1 fully saturated rings. The van der Waals surface area contributed by atoms with E-state index in [1.165, 1.54) is 11.3 Å². The van der Waals surface area contributed by atoms with Gasteiger partial charge in [-0.1, -0.05) is 20.8 Å². The summed E-state index contributed by atoms with van der Waals surface area (Å²) in [4.78, 5) is 17.9. The minimum Gasteiger partial charge on any atom is -0.396 e. The first-order valence-corrected chi connectivity index (χ1v) is 12.7. The molecule has 3 aromatic heterocycles. The van der Waals surface area contributed by atoms with Gasteiger partial charge < -0.3 is 26.0 Å². The van der Waals surface area contributed by atoms with E-state index in [1.54, 1.807) is 13.1 Å². The van der Waals surface area contributed by atoms with Gasteiger partial charge in [-0.05, 0) is 31.2 Å². The minimum absolute atomic E-state index is 0.0225. The van der Waals surface area contributed by atoms with Crippen molar-refractivity contribution in [1.82, 2.24) is 19.9 Å². The van der Waals surface area contributed by atoms with Gasteiger partial charge in [-0.3, -0.25) is 4.98 Å². The van der Waals surface area contributed by atoms with Crippen LogP contribution < -0.4 is 10.6 Å². The largest absolute Gasteiger partial charge is 0.405 e. The van der Waals surface area contributed by atoms with E-state index >= 15 is 0 Å². The molecule has 0 saturated heterocycles. The Labute approximate surface area is 216 Å². The number of aliphatic hydroxyl groups is 3. The number of alkyl halides is 3. The number of aromatic nitrogens is 4. The van der Waals surface area contributed by atoms with E-state index in [-0.39, 0.29) is 30.2 Å². The van der Waals surface area contributed by atoms with Crippen molar-refractivity contribution in [3.8, 4) is 10.6 Å². The molecule has 4 atom stereocenters. The fourth-order valence-corrected chi connectivity index (χ4v) is 5.54. The summed E-state index contributed by atoms with van der Waals surface area (Å²) in [6, 6.07) is 1.16. The molecule has 4 rings (SSSR count). The highest BCUT2D eigenvalue weighted by Crippen LogP contribution is 2.39. The Morgan fingerprint density at radius 2 is 1.84 bits per heavy atom. The highest BCUT2D eigenvalue weighted by molar-refractivity contribution is 7.21. The summed E-state index contributed by atoms with van der Waals surface area (Å²) in [5, 5.41) is 36.2. The zero-order chi connectivity index (χ0) is 27.1. The summed E-state index contributed by atoms with van der Waals surface area (Å²) in [5.41, 5.74) is 2.42. The molecule has 1 aliphatic carbocycles. The molecule has 4 unspecified atom stereocenters. The molecule has 0 spiro atoms. The summed E-state index contributed by atoms with van der Waals surface area (Å²) in [6.07, 6.45) is -4.15. The fraction of sp³-hybridized carbons (Fsp3) is 0.583. The maximum atomic E-state index is 12.8. The van der Waals surface area contributed by atoms with Gasteiger partial charge >= 0.3 is 6.18 Å². The van der Waals surface area contributed by atoms with Crippen LogP contribution in [0.4, 0.5) is 24.9 Å². The van der Waals surface area contributed by atoms with Crippen LogP contribution in [0.15, 0.2) is 12.3 Å². The lowest BCUT2D eigenvalue weighted by Gasteiger charge is -2.21. The van der Waals surface area contributed by atoms with Gasteiger partial charge in [-0.2, -0.15) is 18.2 Å². The second kappa shape index (κ2) is 10.3. The van der Waals surface area contributed by atoms with E-state index in [0.29, 0.717) is 22.7 Å². The molecule has 3 aromatic rings. The molecule has 37 heavy (non-hydrogen) atoms. The van der Waals surface area contributed by atoms with Crippen molar-refractivity contribution in [2.75, 3.05) is 23.8 Å². The lowest BCUT2D eigenvalue weighted by molar-refractivity contribution is -0.115. The third-order valence-corrected chi connectivity index (χ3v) is 7.23. The van der Waals surface area contributed by atoms with Gasteiger partial charge in [0.2, 0.25) is 5.95 Å². The van der Waals surface area contributed by atoms with Crippen molar-refractivity contribution >= 4 is 33.3 Å². The summed E-state index contributed by atoms with van der Waals surface area (Å²) < 4.78 is 39.4. The molecule has 3 heterocycles. The van der Waals surface area contributed by atoms with Crippen LogP contribution in [0.25, 0.3) is 20.8 Å². The number of thiazole rings is 1. The summed E-state index contributed by atoms with van der Waals surface area (Å²) in [7, 11) is 0. The Morgan fingerprint density at radius 1 is 1.11 bits per heavy atom. The molecular weight excluding hydrogens is 509 g/mol. The number of nitrogens with zero attached hydrogens (tertiary/aromatic N) is 4. The lowest BCUT2D eigenvalue weighted by Crippen LogP contribution is -2.36. The molecule has 9 nitrogen and oxygen atoms in total. The number of hydrogen-bond donors (Lipinski definition) is 5. The topological polar surface area (TPSA) is 136 Å². The molecule has 0 aromatic carbocycles. The first kappa shape index (κ1) is 27.4. The Balaban J connectivity index is 1.78. The van der Waals surface area contributed by atoms with Crippen LogP contribution in [0.3, 0.4) is 0 Å². The van der Waals surface area contributed by atoms with E-state index < -0.39 is 36.9 Å². The molecule has 13 heteroatoms. The number of fused-ring (bicyclic) bond motifs is 1. The van der Waals surface area contributed by atoms with Gasteiger partial charge in [0, 0.05) is 18.7 Å². The zero-order valence-electron chi connectivity index (χ0n) is 21.0. The number of pyridine rings is 1. The Bertz CT molecular complexity index is 1260. The standard InChI is InChI=1S/C24H31F3N6O3S/c1-11-16(21-32-17-14(8-23(2,3)4)28-6-5-15(17)37-21)20(33-22(30-11)29-10-24(25,26)27)31-13-7-12(9-34)18(35)19(13)36/h5-6,12-13,18-19,34-36H,7-10H2,1-4H3,(H2,29,30,31,33). The zero-order valence-corrected chi connectivity index (χ0v) is 21.8. The fourth-order valence-electron chi connectivity index (χ4n) is 4.46. The molecule has 1 saturated carbocycles.